The van der Waals surface area contributed by atoms with Crippen molar-refractivity contribution in [3.8, 4) is 5.75 Å². The maximum atomic E-state index is 13.1. The molecule has 0 atom stereocenters. The molecule has 3 aromatic heterocycles. The van der Waals surface area contributed by atoms with E-state index in [2.05, 4.69) is 10.3 Å². The molecule has 0 unspecified atom stereocenters. The SMILES string of the molecule is COCCCn1c(C(=O)Nc2cccc(OC)c2)cc2c(=O)n3ccccc3nc21. The van der Waals surface area contributed by atoms with Gasteiger partial charge in [0.1, 0.15) is 22.7 Å². The summed E-state index contributed by atoms with van der Waals surface area (Å²) in [6.45, 7) is 1.02. The normalized spacial score (nSPS) is 11.1. The quantitative estimate of drug-likeness (QED) is 0.477. The molecule has 0 aliphatic heterocycles. The Balaban J connectivity index is 1.81. The third kappa shape index (κ3) is 3.65. The summed E-state index contributed by atoms with van der Waals surface area (Å²) < 4.78 is 13.6. The van der Waals surface area contributed by atoms with Gasteiger partial charge in [0, 0.05) is 38.2 Å². The number of nitrogens with zero attached hydrogens (tertiary/aromatic N) is 3. The summed E-state index contributed by atoms with van der Waals surface area (Å²) in [6, 6.07) is 14.1. The number of carbonyl (C=O) groups excluding carboxylic acids is 1. The first-order chi connectivity index (χ1) is 14.6. The van der Waals surface area contributed by atoms with Crippen molar-refractivity contribution in [2.24, 2.45) is 0 Å². The van der Waals surface area contributed by atoms with E-state index >= 15 is 0 Å². The molecule has 8 heteroatoms. The average molecular weight is 406 g/mol. The molecule has 0 bridgehead atoms. The summed E-state index contributed by atoms with van der Waals surface area (Å²) in [4.78, 5) is 30.7. The number of pyridine rings is 1. The zero-order chi connectivity index (χ0) is 21.1. The maximum absolute atomic E-state index is 13.1. The molecule has 0 spiro atoms. The summed E-state index contributed by atoms with van der Waals surface area (Å²) >= 11 is 0. The lowest BCUT2D eigenvalue weighted by Gasteiger charge is -2.11. The highest BCUT2D eigenvalue weighted by molar-refractivity contribution is 6.06. The van der Waals surface area contributed by atoms with Crippen molar-refractivity contribution in [1.29, 1.82) is 0 Å². The number of hydrogen-bond donors (Lipinski definition) is 1. The number of amides is 1. The van der Waals surface area contributed by atoms with Gasteiger partial charge in [-0.25, -0.2) is 4.98 Å². The van der Waals surface area contributed by atoms with Gasteiger partial charge in [0.25, 0.3) is 11.5 Å². The Hall–Kier alpha value is -3.65. The summed E-state index contributed by atoms with van der Waals surface area (Å²) in [5.41, 5.74) is 1.77. The van der Waals surface area contributed by atoms with Crippen LogP contribution >= 0.6 is 0 Å². The molecule has 30 heavy (non-hydrogen) atoms. The zero-order valence-electron chi connectivity index (χ0n) is 16.8. The zero-order valence-corrected chi connectivity index (χ0v) is 16.8. The molecule has 4 rings (SSSR count). The van der Waals surface area contributed by atoms with E-state index in [-0.39, 0.29) is 11.5 Å². The summed E-state index contributed by atoms with van der Waals surface area (Å²) in [7, 11) is 3.20. The van der Waals surface area contributed by atoms with Gasteiger partial charge < -0.3 is 19.4 Å². The lowest BCUT2D eigenvalue weighted by Crippen LogP contribution is -2.18. The van der Waals surface area contributed by atoms with Crippen LogP contribution in [-0.4, -0.2) is 40.7 Å². The van der Waals surface area contributed by atoms with E-state index in [4.69, 9.17) is 9.47 Å². The van der Waals surface area contributed by atoms with E-state index in [0.29, 0.717) is 53.4 Å². The monoisotopic (exact) mass is 406 g/mol. The van der Waals surface area contributed by atoms with Crippen molar-refractivity contribution >= 4 is 28.3 Å². The second-order valence-corrected chi connectivity index (χ2v) is 6.80. The Morgan fingerprint density at radius 3 is 2.80 bits per heavy atom. The number of hydrogen-bond acceptors (Lipinski definition) is 5. The van der Waals surface area contributed by atoms with E-state index in [0.717, 1.165) is 0 Å². The number of nitrogens with one attached hydrogen (secondary N) is 1. The van der Waals surface area contributed by atoms with Crippen LogP contribution in [0.25, 0.3) is 16.7 Å². The lowest BCUT2D eigenvalue weighted by molar-refractivity contribution is 0.101. The Labute approximate surface area is 172 Å². The lowest BCUT2D eigenvalue weighted by atomic mass is 10.2. The second-order valence-electron chi connectivity index (χ2n) is 6.80. The van der Waals surface area contributed by atoms with Gasteiger partial charge in [-0.15, -0.1) is 0 Å². The smallest absolute Gasteiger partial charge is 0.272 e. The summed E-state index contributed by atoms with van der Waals surface area (Å²) in [5.74, 6) is 0.312. The van der Waals surface area contributed by atoms with Crippen molar-refractivity contribution in [1.82, 2.24) is 14.0 Å². The van der Waals surface area contributed by atoms with Crippen molar-refractivity contribution in [3.63, 3.8) is 0 Å². The van der Waals surface area contributed by atoms with Gasteiger partial charge in [0.05, 0.1) is 12.5 Å². The topological polar surface area (TPSA) is 86.9 Å². The number of aromatic nitrogens is 3. The first-order valence-corrected chi connectivity index (χ1v) is 9.57. The third-order valence-corrected chi connectivity index (χ3v) is 4.87. The third-order valence-electron chi connectivity index (χ3n) is 4.87. The fourth-order valence-corrected chi connectivity index (χ4v) is 3.43. The van der Waals surface area contributed by atoms with Gasteiger partial charge in [-0.2, -0.15) is 0 Å². The highest BCUT2D eigenvalue weighted by Gasteiger charge is 2.20. The minimum Gasteiger partial charge on any atom is -0.497 e. The minimum atomic E-state index is -0.327. The number of rotatable bonds is 7. The van der Waals surface area contributed by atoms with Gasteiger partial charge >= 0.3 is 0 Å². The molecular formula is C22H22N4O4. The van der Waals surface area contributed by atoms with Crippen molar-refractivity contribution in [2.45, 2.75) is 13.0 Å². The number of ether oxygens (including phenoxy) is 2. The molecule has 8 nitrogen and oxygen atoms in total. The highest BCUT2D eigenvalue weighted by atomic mass is 16.5. The van der Waals surface area contributed by atoms with Gasteiger partial charge in [-0.1, -0.05) is 12.1 Å². The predicted molar refractivity (Wildman–Crippen MR) is 114 cm³/mol. The van der Waals surface area contributed by atoms with E-state index < -0.39 is 0 Å². The molecule has 3 heterocycles. The fourth-order valence-electron chi connectivity index (χ4n) is 3.43. The molecule has 0 saturated carbocycles. The van der Waals surface area contributed by atoms with Gasteiger partial charge in [0.15, 0.2) is 0 Å². The highest BCUT2D eigenvalue weighted by Crippen LogP contribution is 2.21. The van der Waals surface area contributed by atoms with Crippen molar-refractivity contribution in [3.05, 3.63) is 70.8 Å². The molecule has 4 aromatic rings. The van der Waals surface area contributed by atoms with Gasteiger partial charge in [0.2, 0.25) is 0 Å². The average Bonchev–Trinajstić information content (AvgIpc) is 3.13. The van der Waals surface area contributed by atoms with Crippen LogP contribution in [0.1, 0.15) is 16.9 Å². The Kier molecular flexibility index (Phi) is 5.49. The first-order valence-electron chi connectivity index (χ1n) is 9.57. The van der Waals surface area contributed by atoms with E-state index in [1.54, 1.807) is 67.4 Å². The Morgan fingerprint density at radius 2 is 2.00 bits per heavy atom. The Morgan fingerprint density at radius 1 is 1.13 bits per heavy atom. The number of fused-ring (bicyclic) bond motifs is 2. The number of benzene rings is 1. The van der Waals surface area contributed by atoms with Crippen LogP contribution in [0.5, 0.6) is 5.75 Å². The van der Waals surface area contributed by atoms with Gasteiger partial charge in [-0.3, -0.25) is 14.0 Å². The van der Waals surface area contributed by atoms with E-state index in [9.17, 15) is 9.59 Å². The maximum Gasteiger partial charge on any atom is 0.272 e. The number of methoxy groups -OCH3 is 2. The van der Waals surface area contributed by atoms with E-state index in [1.807, 2.05) is 6.07 Å². The largest absolute Gasteiger partial charge is 0.497 e. The molecule has 0 radical (unpaired) electrons. The molecule has 1 N–H and O–H groups in total. The molecule has 1 amide bonds. The van der Waals surface area contributed by atoms with Crippen LogP contribution in [-0.2, 0) is 11.3 Å². The standard InChI is InChI=1S/C22H22N4O4/c1-29-12-6-11-25-18(21(27)23-15-7-5-8-16(13-15)30-2)14-17-20(25)24-19-9-3-4-10-26(19)22(17)28/h3-5,7-10,13-14H,6,11-12H2,1-2H3,(H,23,27). The summed E-state index contributed by atoms with van der Waals surface area (Å²) in [6.07, 6.45) is 2.35. The fraction of sp³-hybridized carbons (Fsp3) is 0.227. The molecule has 0 aliphatic rings. The molecular weight excluding hydrogens is 384 g/mol. The molecule has 0 fully saturated rings. The van der Waals surface area contributed by atoms with Crippen LogP contribution in [0, 0.1) is 0 Å². The van der Waals surface area contributed by atoms with Crippen LogP contribution in [0.2, 0.25) is 0 Å². The minimum absolute atomic E-state index is 0.212. The van der Waals surface area contributed by atoms with Crippen LogP contribution < -0.4 is 15.6 Å². The Bertz CT molecular complexity index is 1280. The van der Waals surface area contributed by atoms with Crippen LogP contribution in [0.15, 0.2) is 59.5 Å². The van der Waals surface area contributed by atoms with Gasteiger partial charge in [-0.05, 0) is 36.8 Å². The van der Waals surface area contributed by atoms with Crippen LogP contribution in [0.4, 0.5) is 5.69 Å². The second kappa shape index (κ2) is 8.38. The number of aryl methyl sites for hydroxylation is 1. The molecule has 0 aliphatic carbocycles. The predicted octanol–water partition coefficient (Wildman–Crippen LogP) is 2.95. The molecule has 154 valence electrons. The van der Waals surface area contributed by atoms with E-state index in [1.165, 1.54) is 4.40 Å². The van der Waals surface area contributed by atoms with Crippen molar-refractivity contribution < 1.29 is 14.3 Å². The number of anilines is 1. The first kappa shape index (κ1) is 19.7. The van der Waals surface area contributed by atoms with Crippen molar-refractivity contribution in [2.75, 3.05) is 26.1 Å². The van der Waals surface area contributed by atoms with Crippen LogP contribution in [0.3, 0.4) is 0 Å². The number of carbonyl (C=O) groups is 1. The summed E-state index contributed by atoms with van der Waals surface area (Å²) in [5, 5.41) is 3.27. The molecule has 1 aromatic carbocycles. The molecule has 0 saturated heterocycles.